The summed E-state index contributed by atoms with van der Waals surface area (Å²) in [5.41, 5.74) is 4.04. The van der Waals surface area contributed by atoms with Gasteiger partial charge >= 0.3 is 6.18 Å². The van der Waals surface area contributed by atoms with Crippen LogP contribution in [0.4, 0.5) is 13.2 Å². The lowest BCUT2D eigenvalue weighted by molar-refractivity contribution is -0.114. The minimum Gasteiger partial charge on any atom is -0.318 e. The molecule has 0 fully saturated rings. The summed E-state index contributed by atoms with van der Waals surface area (Å²) >= 11 is 6.28. The average Bonchev–Trinajstić information content (AvgIpc) is 3.21. The van der Waals surface area contributed by atoms with Gasteiger partial charge in [-0.3, -0.25) is 10.2 Å². The predicted molar refractivity (Wildman–Crippen MR) is 116 cm³/mol. The number of hydrazone groups is 1. The molecule has 0 aliphatic carbocycles. The molecule has 160 valence electrons. The van der Waals surface area contributed by atoms with E-state index in [4.69, 9.17) is 17.0 Å². The lowest BCUT2D eigenvalue weighted by Crippen LogP contribution is -2.35. The molecule has 1 aromatic carbocycles. The molecule has 0 saturated carbocycles. The van der Waals surface area contributed by atoms with Crippen molar-refractivity contribution in [2.75, 3.05) is 0 Å². The number of alkyl halides is 3. The SMILES string of the molecule is Cc1cc(Cl)ccc1-n1c(C)cc(C=C2C(=N)N3N=C(C(F)(F)F)SC3=NC2=O)c1C. The largest absolute Gasteiger partial charge is 0.441 e. The molecular formula is C20H15ClF3N5OS. The Morgan fingerprint density at radius 3 is 2.55 bits per heavy atom. The van der Waals surface area contributed by atoms with Crippen molar-refractivity contribution in [1.82, 2.24) is 9.58 Å². The van der Waals surface area contributed by atoms with Crippen LogP contribution in [-0.4, -0.2) is 37.7 Å². The van der Waals surface area contributed by atoms with Crippen molar-refractivity contribution in [3.63, 3.8) is 0 Å². The lowest BCUT2D eigenvalue weighted by atomic mass is 10.1. The zero-order valence-electron chi connectivity index (χ0n) is 16.5. The van der Waals surface area contributed by atoms with Crippen molar-refractivity contribution in [1.29, 1.82) is 5.41 Å². The van der Waals surface area contributed by atoms with Crippen LogP contribution in [0.3, 0.4) is 0 Å². The molecule has 0 saturated heterocycles. The van der Waals surface area contributed by atoms with Crippen LogP contribution in [0.25, 0.3) is 11.8 Å². The van der Waals surface area contributed by atoms with E-state index in [-0.39, 0.29) is 22.5 Å². The number of carbonyl (C=O) groups is 1. The number of hydrogen-bond acceptors (Lipinski definition) is 4. The van der Waals surface area contributed by atoms with Gasteiger partial charge in [0.15, 0.2) is 5.84 Å². The molecule has 2 aromatic rings. The van der Waals surface area contributed by atoms with E-state index in [2.05, 4.69) is 10.1 Å². The molecule has 0 bridgehead atoms. The van der Waals surface area contributed by atoms with Crippen LogP contribution in [0.15, 0.2) is 39.9 Å². The van der Waals surface area contributed by atoms with Gasteiger partial charge in [-0.25, -0.2) is 0 Å². The van der Waals surface area contributed by atoms with E-state index in [1.54, 1.807) is 6.07 Å². The minimum atomic E-state index is -4.68. The van der Waals surface area contributed by atoms with Crippen LogP contribution in [0.5, 0.6) is 0 Å². The number of nitrogens with one attached hydrogen (secondary N) is 1. The van der Waals surface area contributed by atoms with Crippen LogP contribution >= 0.6 is 23.4 Å². The van der Waals surface area contributed by atoms with Gasteiger partial charge in [-0.05, 0) is 74.0 Å². The Hall–Kier alpha value is -2.85. The van der Waals surface area contributed by atoms with Crippen molar-refractivity contribution in [2.45, 2.75) is 26.9 Å². The van der Waals surface area contributed by atoms with E-state index < -0.39 is 23.0 Å². The standard InChI is InChI=1S/C20H15ClF3N5OS/c1-9-6-13(21)4-5-15(9)28-10(2)7-12(11(28)3)8-14-16(25)29-19(26-17(14)30)31-18(27-29)20(22,23)24/h4-8,25H,1-3H3. The van der Waals surface area contributed by atoms with Gasteiger partial charge in [-0.2, -0.15) is 28.3 Å². The third kappa shape index (κ3) is 3.70. The fourth-order valence-corrected chi connectivity index (χ4v) is 4.42. The molecule has 3 heterocycles. The summed E-state index contributed by atoms with van der Waals surface area (Å²) in [4.78, 5) is 16.2. The maximum Gasteiger partial charge on any atom is 0.441 e. The minimum absolute atomic E-state index is 0.135. The van der Waals surface area contributed by atoms with Gasteiger partial charge in [0, 0.05) is 22.1 Å². The van der Waals surface area contributed by atoms with Gasteiger partial charge in [-0.15, -0.1) is 0 Å². The van der Waals surface area contributed by atoms with Crippen LogP contribution in [0.1, 0.15) is 22.5 Å². The molecule has 1 amide bonds. The van der Waals surface area contributed by atoms with Gasteiger partial charge < -0.3 is 4.57 Å². The third-order valence-corrected chi connectivity index (χ3v) is 6.06. The van der Waals surface area contributed by atoms with Crippen molar-refractivity contribution in [3.05, 3.63) is 57.4 Å². The highest BCUT2D eigenvalue weighted by atomic mass is 35.5. The van der Waals surface area contributed by atoms with Crippen molar-refractivity contribution < 1.29 is 18.0 Å². The number of carbonyl (C=O) groups excluding carboxylic acids is 1. The van der Waals surface area contributed by atoms with Gasteiger partial charge in [-0.1, -0.05) is 11.6 Å². The molecule has 2 aliphatic rings. The topological polar surface area (TPSA) is 73.8 Å². The molecule has 1 aromatic heterocycles. The number of amidine groups is 2. The maximum atomic E-state index is 13.0. The Morgan fingerprint density at radius 2 is 1.90 bits per heavy atom. The van der Waals surface area contributed by atoms with Crippen molar-refractivity contribution in [2.24, 2.45) is 10.1 Å². The Labute approximate surface area is 184 Å². The number of halogens is 4. The molecule has 0 unspecified atom stereocenters. The van der Waals surface area contributed by atoms with Crippen LogP contribution in [0, 0.1) is 26.2 Å². The van der Waals surface area contributed by atoms with E-state index in [9.17, 15) is 18.0 Å². The van der Waals surface area contributed by atoms with Gasteiger partial charge in [0.1, 0.15) is 0 Å². The summed E-state index contributed by atoms with van der Waals surface area (Å²) in [5.74, 6) is -1.23. The van der Waals surface area contributed by atoms with Gasteiger partial charge in [0.05, 0.1) is 5.57 Å². The smallest absolute Gasteiger partial charge is 0.318 e. The van der Waals surface area contributed by atoms with Crippen molar-refractivity contribution >= 4 is 51.4 Å². The Balaban J connectivity index is 1.76. The molecule has 0 spiro atoms. The first-order chi connectivity index (χ1) is 14.5. The second-order valence-electron chi connectivity index (χ2n) is 7.02. The van der Waals surface area contributed by atoms with Gasteiger partial charge in [0.25, 0.3) is 5.91 Å². The summed E-state index contributed by atoms with van der Waals surface area (Å²) < 4.78 is 40.9. The van der Waals surface area contributed by atoms with E-state index in [0.29, 0.717) is 10.6 Å². The Morgan fingerprint density at radius 1 is 1.19 bits per heavy atom. The number of benzene rings is 1. The summed E-state index contributed by atoms with van der Waals surface area (Å²) in [7, 11) is 0. The average molecular weight is 466 g/mol. The summed E-state index contributed by atoms with van der Waals surface area (Å²) in [6.45, 7) is 5.67. The molecule has 4 rings (SSSR count). The number of aliphatic imine (C=N–C) groups is 1. The molecular weight excluding hydrogens is 451 g/mol. The quantitative estimate of drug-likeness (QED) is 0.616. The van der Waals surface area contributed by atoms with Crippen molar-refractivity contribution in [3.8, 4) is 5.69 Å². The predicted octanol–water partition coefficient (Wildman–Crippen LogP) is 5.24. The Bertz CT molecular complexity index is 1240. The number of rotatable bonds is 2. The van der Waals surface area contributed by atoms with E-state index in [1.807, 2.05) is 43.5 Å². The van der Waals surface area contributed by atoms with E-state index >= 15 is 0 Å². The second-order valence-corrected chi connectivity index (χ2v) is 8.41. The Kier molecular flexibility index (Phi) is 5.09. The summed E-state index contributed by atoms with van der Waals surface area (Å²) in [5, 5.41) is 11.6. The number of thioether (sulfide) groups is 1. The highest BCUT2D eigenvalue weighted by Crippen LogP contribution is 2.35. The number of amides is 1. The molecule has 1 N–H and O–H groups in total. The number of aromatic nitrogens is 1. The zero-order chi connectivity index (χ0) is 22.7. The summed E-state index contributed by atoms with van der Waals surface area (Å²) in [6, 6.07) is 7.33. The number of fused-ring (bicyclic) bond motifs is 1. The van der Waals surface area contributed by atoms with E-state index in [0.717, 1.165) is 27.6 Å². The van der Waals surface area contributed by atoms with Gasteiger partial charge in [0.2, 0.25) is 10.2 Å². The second kappa shape index (κ2) is 7.38. The molecule has 2 aliphatic heterocycles. The lowest BCUT2D eigenvalue weighted by Gasteiger charge is -2.20. The number of hydrogen-bond donors (Lipinski definition) is 1. The first kappa shape index (κ1) is 21.4. The fourth-order valence-electron chi connectivity index (χ4n) is 3.44. The third-order valence-electron chi connectivity index (χ3n) is 4.87. The molecule has 11 heteroatoms. The fraction of sp³-hybridized carbons (Fsp3) is 0.200. The van der Waals surface area contributed by atoms with Crippen LogP contribution in [0.2, 0.25) is 5.02 Å². The first-order valence-corrected chi connectivity index (χ1v) is 10.2. The highest BCUT2D eigenvalue weighted by molar-refractivity contribution is 8.27. The molecule has 0 atom stereocenters. The molecule has 0 radical (unpaired) electrons. The first-order valence-electron chi connectivity index (χ1n) is 9.00. The molecule has 31 heavy (non-hydrogen) atoms. The summed E-state index contributed by atoms with van der Waals surface area (Å²) in [6.07, 6.45) is -3.22. The van der Waals surface area contributed by atoms with Crippen LogP contribution < -0.4 is 0 Å². The van der Waals surface area contributed by atoms with Crippen LogP contribution in [-0.2, 0) is 4.79 Å². The normalized spacial score (nSPS) is 17.9. The highest BCUT2D eigenvalue weighted by Gasteiger charge is 2.46. The zero-order valence-corrected chi connectivity index (χ0v) is 18.1. The number of nitrogens with zero attached hydrogens (tertiary/aromatic N) is 4. The maximum absolute atomic E-state index is 13.0. The van der Waals surface area contributed by atoms with E-state index in [1.165, 1.54) is 6.08 Å². The molecule has 6 nitrogen and oxygen atoms in total. The number of aryl methyl sites for hydroxylation is 2. The monoisotopic (exact) mass is 465 g/mol.